The number of anilines is 1. The highest BCUT2D eigenvalue weighted by Gasteiger charge is 2.58. The molecule has 0 spiro atoms. The average molecular weight is 409 g/mol. The van der Waals surface area contributed by atoms with Crippen LogP contribution in [0, 0.1) is 11.6 Å². The molecule has 1 amide bonds. The fraction of sp³-hybridized carbons (Fsp3) is 0.208. The number of phenols is 1. The molecule has 1 fully saturated rings. The van der Waals surface area contributed by atoms with Gasteiger partial charge in [-0.1, -0.05) is 24.3 Å². The zero-order valence-electron chi connectivity index (χ0n) is 16.1. The first-order valence-corrected chi connectivity index (χ1v) is 9.70. The minimum absolute atomic E-state index is 0.0665. The van der Waals surface area contributed by atoms with Gasteiger partial charge >= 0.3 is 0 Å². The number of aryl methyl sites for hydroxylation is 1. The summed E-state index contributed by atoms with van der Waals surface area (Å²) in [7, 11) is 0. The van der Waals surface area contributed by atoms with Crippen LogP contribution in [0.15, 0.2) is 72.8 Å². The summed E-state index contributed by atoms with van der Waals surface area (Å²) in [6, 6.07) is 17.9. The lowest BCUT2D eigenvalue weighted by molar-refractivity contribution is -0.135. The molecule has 1 unspecified atom stereocenters. The van der Waals surface area contributed by atoms with E-state index in [-0.39, 0.29) is 24.0 Å². The van der Waals surface area contributed by atoms with Gasteiger partial charge in [0.2, 0.25) is 5.91 Å². The number of nitrogens with zero attached hydrogens (tertiary/aromatic N) is 1. The van der Waals surface area contributed by atoms with Gasteiger partial charge in [-0.15, -0.1) is 0 Å². The number of carbonyl (C=O) groups is 1. The number of phenolic OH excluding ortho intramolecular Hbond substituents is 1. The van der Waals surface area contributed by atoms with Crippen molar-refractivity contribution >= 4 is 11.6 Å². The molecule has 1 aliphatic heterocycles. The van der Waals surface area contributed by atoms with Crippen molar-refractivity contribution in [1.82, 2.24) is 0 Å². The molecule has 0 bridgehead atoms. The molecular formula is C24H21F2NO3. The van der Waals surface area contributed by atoms with E-state index in [2.05, 4.69) is 0 Å². The maximum absolute atomic E-state index is 13.3. The second-order valence-electron chi connectivity index (χ2n) is 7.57. The lowest BCUT2D eigenvalue weighted by Crippen LogP contribution is -2.69. The second-order valence-corrected chi connectivity index (χ2v) is 7.57. The van der Waals surface area contributed by atoms with Crippen LogP contribution >= 0.6 is 0 Å². The number of benzene rings is 3. The predicted molar refractivity (Wildman–Crippen MR) is 109 cm³/mol. The van der Waals surface area contributed by atoms with Crippen molar-refractivity contribution < 1.29 is 23.8 Å². The van der Waals surface area contributed by atoms with Crippen LogP contribution in [0.25, 0.3) is 0 Å². The minimum atomic E-state index is -1.16. The Morgan fingerprint density at radius 1 is 0.900 bits per heavy atom. The van der Waals surface area contributed by atoms with E-state index in [4.69, 9.17) is 0 Å². The summed E-state index contributed by atoms with van der Waals surface area (Å²) >= 11 is 0. The van der Waals surface area contributed by atoms with E-state index in [0.717, 1.165) is 5.56 Å². The molecule has 1 heterocycles. The molecule has 0 saturated carbocycles. The van der Waals surface area contributed by atoms with Crippen molar-refractivity contribution in [3.63, 3.8) is 0 Å². The maximum Gasteiger partial charge on any atom is 0.242 e. The summed E-state index contributed by atoms with van der Waals surface area (Å²) in [4.78, 5) is 14.8. The molecule has 0 aliphatic carbocycles. The summed E-state index contributed by atoms with van der Waals surface area (Å²) in [6.45, 7) is 0.229. The van der Waals surface area contributed by atoms with Crippen molar-refractivity contribution in [3.8, 4) is 5.75 Å². The standard InChI is InChI=1S/C24H21F2NO3/c25-18-6-1-16(2-7-18)3-14-22(29)24(17-4-12-21(28)13-5-17)15-27(23(24)30)20-10-8-19(26)9-11-20/h1-2,4-13,22,28-29H,3,14-15H2/t22?,24-/m0/s1. The van der Waals surface area contributed by atoms with Gasteiger partial charge in [0, 0.05) is 12.2 Å². The zero-order chi connectivity index (χ0) is 21.3. The third-order valence-electron chi connectivity index (χ3n) is 5.74. The largest absolute Gasteiger partial charge is 0.508 e. The smallest absolute Gasteiger partial charge is 0.242 e. The Balaban J connectivity index is 1.60. The van der Waals surface area contributed by atoms with Gasteiger partial charge in [0.05, 0.1) is 6.10 Å². The Kier molecular flexibility index (Phi) is 5.26. The molecule has 4 rings (SSSR count). The van der Waals surface area contributed by atoms with Gasteiger partial charge in [0.15, 0.2) is 0 Å². The third kappa shape index (κ3) is 3.55. The van der Waals surface area contributed by atoms with E-state index in [1.807, 2.05) is 0 Å². The first kappa shape index (κ1) is 20.0. The number of halogens is 2. The quantitative estimate of drug-likeness (QED) is 0.606. The number of rotatable bonds is 6. The highest BCUT2D eigenvalue weighted by atomic mass is 19.1. The van der Waals surface area contributed by atoms with Gasteiger partial charge in [-0.3, -0.25) is 4.79 Å². The minimum Gasteiger partial charge on any atom is -0.508 e. The SMILES string of the molecule is O=C1N(c2ccc(F)cc2)C[C@]1(c1ccc(O)cc1)C(O)CCc1ccc(F)cc1. The first-order chi connectivity index (χ1) is 14.4. The van der Waals surface area contributed by atoms with Crippen LogP contribution < -0.4 is 4.90 Å². The predicted octanol–water partition coefficient (Wildman–Crippen LogP) is 3.95. The van der Waals surface area contributed by atoms with Gasteiger partial charge < -0.3 is 15.1 Å². The lowest BCUT2D eigenvalue weighted by atomic mass is 9.67. The Hall–Kier alpha value is -3.25. The molecule has 4 nitrogen and oxygen atoms in total. The number of hydrogen-bond donors (Lipinski definition) is 2. The normalized spacial score (nSPS) is 19.4. The second kappa shape index (κ2) is 7.88. The van der Waals surface area contributed by atoms with Crippen LogP contribution in [-0.4, -0.2) is 28.8 Å². The highest BCUT2D eigenvalue weighted by Crippen LogP contribution is 2.43. The van der Waals surface area contributed by atoms with Crippen LogP contribution in [0.5, 0.6) is 5.75 Å². The molecule has 1 aliphatic rings. The molecule has 154 valence electrons. The summed E-state index contributed by atoms with van der Waals surface area (Å²) in [6.07, 6.45) is -0.211. The Morgan fingerprint density at radius 2 is 1.47 bits per heavy atom. The number of aromatic hydroxyl groups is 1. The van der Waals surface area contributed by atoms with Gasteiger partial charge in [0.25, 0.3) is 0 Å². The van der Waals surface area contributed by atoms with Gasteiger partial charge in [-0.2, -0.15) is 0 Å². The number of aliphatic hydroxyl groups is 1. The molecule has 0 radical (unpaired) electrons. The zero-order valence-corrected chi connectivity index (χ0v) is 16.1. The number of carbonyl (C=O) groups excluding carboxylic acids is 1. The van der Waals surface area contributed by atoms with Gasteiger partial charge in [0.1, 0.15) is 22.8 Å². The first-order valence-electron chi connectivity index (χ1n) is 9.70. The number of β-lactam (4-membered cyclic amide) rings is 1. The van der Waals surface area contributed by atoms with Gasteiger partial charge in [-0.25, -0.2) is 8.78 Å². The van der Waals surface area contributed by atoms with Gasteiger partial charge in [-0.05, 0) is 72.5 Å². The van der Waals surface area contributed by atoms with Crippen molar-refractivity contribution in [2.45, 2.75) is 24.4 Å². The molecule has 3 aromatic carbocycles. The fourth-order valence-electron chi connectivity index (χ4n) is 3.98. The summed E-state index contributed by atoms with van der Waals surface area (Å²) in [5, 5.41) is 20.7. The van der Waals surface area contributed by atoms with Crippen molar-refractivity contribution in [3.05, 3.63) is 95.6 Å². The number of amides is 1. The summed E-state index contributed by atoms with van der Waals surface area (Å²) in [5.41, 5.74) is 0.859. The number of aliphatic hydroxyl groups excluding tert-OH is 1. The van der Waals surface area contributed by atoms with Crippen LogP contribution in [-0.2, 0) is 16.6 Å². The van der Waals surface area contributed by atoms with Crippen molar-refractivity contribution in [1.29, 1.82) is 0 Å². The average Bonchev–Trinajstić information content (AvgIpc) is 2.75. The fourth-order valence-corrected chi connectivity index (χ4v) is 3.98. The van der Waals surface area contributed by atoms with Crippen LogP contribution in [0.1, 0.15) is 17.5 Å². The van der Waals surface area contributed by atoms with E-state index in [1.54, 1.807) is 24.3 Å². The topological polar surface area (TPSA) is 60.8 Å². The molecule has 6 heteroatoms. The van der Waals surface area contributed by atoms with Crippen LogP contribution in [0.2, 0.25) is 0 Å². The molecular weight excluding hydrogens is 388 g/mol. The van der Waals surface area contributed by atoms with E-state index in [1.165, 1.54) is 53.4 Å². The monoisotopic (exact) mass is 409 g/mol. The van der Waals surface area contributed by atoms with E-state index < -0.39 is 17.3 Å². The van der Waals surface area contributed by atoms with Crippen molar-refractivity contribution in [2.24, 2.45) is 0 Å². The molecule has 0 aromatic heterocycles. The Bertz CT molecular complexity index is 1040. The molecule has 2 atom stereocenters. The molecule has 2 N–H and O–H groups in total. The molecule has 30 heavy (non-hydrogen) atoms. The van der Waals surface area contributed by atoms with Crippen LogP contribution in [0.3, 0.4) is 0 Å². The molecule has 3 aromatic rings. The highest BCUT2D eigenvalue weighted by molar-refractivity contribution is 6.09. The van der Waals surface area contributed by atoms with Crippen LogP contribution in [0.4, 0.5) is 14.5 Å². The van der Waals surface area contributed by atoms with E-state index >= 15 is 0 Å². The maximum atomic E-state index is 13.3. The third-order valence-corrected chi connectivity index (χ3v) is 5.74. The number of hydrogen-bond acceptors (Lipinski definition) is 3. The van der Waals surface area contributed by atoms with E-state index in [0.29, 0.717) is 24.1 Å². The summed E-state index contributed by atoms with van der Waals surface area (Å²) in [5.74, 6) is -0.942. The summed E-state index contributed by atoms with van der Waals surface area (Å²) < 4.78 is 26.4. The Morgan fingerprint density at radius 3 is 2.03 bits per heavy atom. The van der Waals surface area contributed by atoms with E-state index in [9.17, 15) is 23.8 Å². The lowest BCUT2D eigenvalue weighted by Gasteiger charge is -2.51. The Labute approximate surface area is 173 Å². The van der Waals surface area contributed by atoms with Crippen molar-refractivity contribution in [2.75, 3.05) is 11.4 Å². The molecule has 1 saturated heterocycles.